The summed E-state index contributed by atoms with van der Waals surface area (Å²) >= 11 is 0. The number of hydrogen-bond acceptors (Lipinski definition) is 4. The summed E-state index contributed by atoms with van der Waals surface area (Å²) in [5.41, 5.74) is 6.51. The second kappa shape index (κ2) is 8.34. The SMILES string of the molecule is COc1ccc(C2(NC(=O)CNC(=O)[C@@H](N)C(C)C)CCCC2)cc1. The number of benzene rings is 1. The predicted octanol–water partition coefficient (Wildman–Crippen LogP) is 1.68. The summed E-state index contributed by atoms with van der Waals surface area (Å²) in [5.74, 6) is 0.332. The Hall–Kier alpha value is -2.08. The molecule has 1 fully saturated rings. The molecule has 1 saturated carbocycles. The van der Waals surface area contributed by atoms with Crippen molar-refractivity contribution in [2.75, 3.05) is 13.7 Å². The van der Waals surface area contributed by atoms with Crippen molar-refractivity contribution < 1.29 is 14.3 Å². The van der Waals surface area contributed by atoms with Crippen molar-refractivity contribution in [1.29, 1.82) is 0 Å². The predicted molar refractivity (Wildman–Crippen MR) is 97.1 cm³/mol. The zero-order valence-electron chi connectivity index (χ0n) is 15.3. The fraction of sp³-hybridized carbons (Fsp3) is 0.579. The Morgan fingerprint density at radius 1 is 1.20 bits per heavy atom. The molecular weight excluding hydrogens is 318 g/mol. The third kappa shape index (κ3) is 4.72. The number of ether oxygens (including phenoxy) is 1. The molecule has 1 aromatic carbocycles. The molecule has 1 aromatic rings. The third-order valence-corrected chi connectivity index (χ3v) is 4.92. The highest BCUT2D eigenvalue weighted by atomic mass is 16.5. The van der Waals surface area contributed by atoms with Crippen LogP contribution < -0.4 is 21.1 Å². The molecule has 0 spiro atoms. The quantitative estimate of drug-likeness (QED) is 0.699. The van der Waals surface area contributed by atoms with Gasteiger partial charge in [0.15, 0.2) is 0 Å². The number of nitrogens with one attached hydrogen (secondary N) is 2. The highest BCUT2D eigenvalue weighted by molar-refractivity contribution is 5.87. The smallest absolute Gasteiger partial charge is 0.240 e. The van der Waals surface area contributed by atoms with E-state index in [-0.39, 0.29) is 29.8 Å². The Morgan fingerprint density at radius 2 is 1.80 bits per heavy atom. The minimum absolute atomic E-state index is 0.0311. The largest absolute Gasteiger partial charge is 0.497 e. The molecule has 0 saturated heterocycles. The minimum atomic E-state index is -0.602. The number of rotatable bonds is 7. The van der Waals surface area contributed by atoms with E-state index < -0.39 is 6.04 Å². The first-order chi connectivity index (χ1) is 11.9. The molecule has 2 amide bonds. The highest BCUT2D eigenvalue weighted by Gasteiger charge is 2.37. The van der Waals surface area contributed by atoms with Crippen LogP contribution in [-0.2, 0) is 15.1 Å². The van der Waals surface area contributed by atoms with Gasteiger partial charge >= 0.3 is 0 Å². The van der Waals surface area contributed by atoms with Crippen LogP contribution in [0.1, 0.15) is 45.1 Å². The lowest BCUT2D eigenvalue weighted by Crippen LogP contribution is -2.51. The zero-order valence-corrected chi connectivity index (χ0v) is 15.3. The topological polar surface area (TPSA) is 93.5 Å². The summed E-state index contributed by atoms with van der Waals surface area (Å²) in [4.78, 5) is 24.3. The van der Waals surface area contributed by atoms with E-state index in [9.17, 15) is 9.59 Å². The molecule has 1 atom stereocenters. The van der Waals surface area contributed by atoms with Gasteiger partial charge in [0.25, 0.3) is 0 Å². The van der Waals surface area contributed by atoms with Crippen LogP contribution in [0.25, 0.3) is 0 Å². The molecule has 1 aliphatic carbocycles. The number of carbonyl (C=O) groups is 2. The Balaban J connectivity index is 2.01. The molecule has 1 aliphatic rings. The van der Waals surface area contributed by atoms with Gasteiger partial charge in [-0.15, -0.1) is 0 Å². The fourth-order valence-corrected chi connectivity index (χ4v) is 3.27. The molecule has 6 nitrogen and oxygen atoms in total. The van der Waals surface area contributed by atoms with Gasteiger partial charge in [0.1, 0.15) is 5.75 Å². The van der Waals surface area contributed by atoms with Crippen molar-refractivity contribution in [3.8, 4) is 5.75 Å². The molecule has 4 N–H and O–H groups in total. The van der Waals surface area contributed by atoms with E-state index in [1.807, 2.05) is 38.1 Å². The summed E-state index contributed by atoms with van der Waals surface area (Å²) in [5, 5.41) is 5.76. The van der Waals surface area contributed by atoms with Crippen LogP contribution in [0.5, 0.6) is 5.75 Å². The molecule has 0 unspecified atom stereocenters. The van der Waals surface area contributed by atoms with Crippen molar-refractivity contribution >= 4 is 11.8 Å². The Kier molecular flexibility index (Phi) is 6.42. The second-order valence-electron chi connectivity index (χ2n) is 7.05. The van der Waals surface area contributed by atoms with Gasteiger partial charge in [0.2, 0.25) is 11.8 Å². The molecule has 0 radical (unpaired) electrons. The van der Waals surface area contributed by atoms with Gasteiger partial charge in [0.05, 0.1) is 25.2 Å². The lowest BCUT2D eigenvalue weighted by atomic mass is 9.88. The molecule has 0 aromatic heterocycles. The molecule has 0 aliphatic heterocycles. The van der Waals surface area contributed by atoms with Crippen LogP contribution in [-0.4, -0.2) is 31.5 Å². The van der Waals surface area contributed by atoms with E-state index in [0.717, 1.165) is 37.0 Å². The molecule has 6 heteroatoms. The van der Waals surface area contributed by atoms with E-state index in [1.54, 1.807) is 7.11 Å². The third-order valence-electron chi connectivity index (χ3n) is 4.92. The van der Waals surface area contributed by atoms with Crippen molar-refractivity contribution in [1.82, 2.24) is 10.6 Å². The molecule has 0 bridgehead atoms. The van der Waals surface area contributed by atoms with E-state index in [2.05, 4.69) is 10.6 Å². The van der Waals surface area contributed by atoms with Crippen LogP contribution >= 0.6 is 0 Å². The molecule has 0 heterocycles. The lowest BCUT2D eigenvalue weighted by Gasteiger charge is -2.31. The van der Waals surface area contributed by atoms with Gasteiger partial charge in [-0.25, -0.2) is 0 Å². The maximum Gasteiger partial charge on any atom is 0.240 e. The maximum atomic E-state index is 12.4. The van der Waals surface area contributed by atoms with Crippen molar-refractivity contribution in [2.45, 2.75) is 51.1 Å². The van der Waals surface area contributed by atoms with Crippen LogP contribution in [0.15, 0.2) is 24.3 Å². The number of carbonyl (C=O) groups excluding carboxylic acids is 2. The van der Waals surface area contributed by atoms with Crippen LogP contribution in [0.4, 0.5) is 0 Å². The van der Waals surface area contributed by atoms with Gasteiger partial charge in [0, 0.05) is 0 Å². The first kappa shape index (κ1) is 19.2. The van der Waals surface area contributed by atoms with E-state index in [0.29, 0.717) is 0 Å². The fourth-order valence-electron chi connectivity index (χ4n) is 3.27. The Morgan fingerprint density at radius 3 is 2.32 bits per heavy atom. The normalized spacial score (nSPS) is 17.2. The number of methoxy groups -OCH3 is 1. The molecule has 138 valence electrons. The number of nitrogens with two attached hydrogens (primary N) is 1. The summed E-state index contributed by atoms with van der Waals surface area (Å²) < 4.78 is 5.21. The molecule has 2 rings (SSSR count). The summed E-state index contributed by atoms with van der Waals surface area (Å²) in [6, 6.07) is 7.21. The number of amides is 2. The van der Waals surface area contributed by atoms with Crippen LogP contribution in [0.2, 0.25) is 0 Å². The van der Waals surface area contributed by atoms with Gasteiger partial charge in [-0.2, -0.15) is 0 Å². The lowest BCUT2D eigenvalue weighted by molar-refractivity contribution is -0.128. The first-order valence-corrected chi connectivity index (χ1v) is 8.87. The van der Waals surface area contributed by atoms with Crippen LogP contribution in [0.3, 0.4) is 0 Å². The van der Waals surface area contributed by atoms with E-state index in [4.69, 9.17) is 10.5 Å². The van der Waals surface area contributed by atoms with Gasteiger partial charge in [-0.05, 0) is 36.5 Å². The van der Waals surface area contributed by atoms with Gasteiger partial charge in [-0.1, -0.05) is 38.8 Å². The van der Waals surface area contributed by atoms with Crippen molar-refractivity contribution in [2.24, 2.45) is 11.7 Å². The van der Waals surface area contributed by atoms with Gasteiger partial charge < -0.3 is 21.1 Å². The summed E-state index contributed by atoms with van der Waals surface area (Å²) in [6.45, 7) is 3.69. The van der Waals surface area contributed by atoms with Crippen molar-refractivity contribution in [3.63, 3.8) is 0 Å². The van der Waals surface area contributed by atoms with Crippen LogP contribution in [0, 0.1) is 5.92 Å². The highest BCUT2D eigenvalue weighted by Crippen LogP contribution is 2.39. The Labute approximate surface area is 149 Å². The molecule has 25 heavy (non-hydrogen) atoms. The summed E-state index contributed by atoms with van der Waals surface area (Å²) in [6.07, 6.45) is 3.92. The second-order valence-corrected chi connectivity index (χ2v) is 7.05. The average molecular weight is 347 g/mol. The van der Waals surface area contributed by atoms with E-state index >= 15 is 0 Å². The minimum Gasteiger partial charge on any atom is -0.497 e. The van der Waals surface area contributed by atoms with Crippen molar-refractivity contribution in [3.05, 3.63) is 29.8 Å². The number of hydrogen-bond donors (Lipinski definition) is 3. The zero-order chi connectivity index (χ0) is 18.4. The maximum absolute atomic E-state index is 12.4. The molecular formula is C19H29N3O3. The standard InChI is InChI=1S/C19H29N3O3/c1-13(2)17(20)18(24)21-12-16(23)22-19(10-4-5-11-19)14-6-8-15(25-3)9-7-14/h6-9,13,17H,4-5,10-12,20H2,1-3H3,(H,21,24)(H,22,23)/t17-/m0/s1. The average Bonchev–Trinajstić information content (AvgIpc) is 3.08. The monoisotopic (exact) mass is 347 g/mol. The first-order valence-electron chi connectivity index (χ1n) is 8.87. The van der Waals surface area contributed by atoms with E-state index in [1.165, 1.54) is 0 Å². The summed E-state index contributed by atoms with van der Waals surface area (Å²) in [7, 11) is 1.63. The van der Waals surface area contributed by atoms with Gasteiger partial charge in [-0.3, -0.25) is 9.59 Å². The Bertz CT molecular complexity index is 592.